The third-order valence-corrected chi connectivity index (χ3v) is 4.87. The summed E-state index contributed by atoms with van der Waals surface area (Å²) in [6.45, 7) is 2.40. The van der Waals surface area contributed by atoms with Gasteiger partial charge in [-0.1, -0.05) is 12.8 Å². The largest absolute Gasteiger partial charge is 0.310 e. The summed E-state index contributed by atoms with van der Waals surface area (Å²) in [6.07, 6.45) is 10.3. The maximum Gasteiger partial charge on any atom is 0.239 e. The zero-order valence-corrected chi connectivity index (χ0v) is 14.6. The second-order valence-electron chi connectivity index (χ2n) is 6.69. The highest BCUT2D eigenvalue weighted by Gasteiger charge is 2.21. The van der Waals surface area contributed by atoms with E-state index in [0.29, 0.717) is 12.6 Å². The first-order valence-electron chi connectivity index (χ1n) is 8.56. The highest BCUT2D eigenvalue weighted by Crippen LogP contribution is 2.31. The molecule has 1 atom stereocenters. The number of nitrogens with one attached hydrogen (secondary N) is 1. The van der Waals surface area contributed by atoms with Crippen molar-refractivity contribution in [1.29, 1.82) is 0 Å². The number of hydrogen-bond acceptors (Lipinski definition) is 4. The van der Waals surface area contributed by atoms with Gasteiger partial charge in [-0.3, -0.25) is 14.4 Å². The number of rotatable bonds is 6. The summed E-state index contributed by atoms with van der Waals surface area (Å²) in [5.41, 5.74) is 1.10. The van der Waals surface area contributed by atoms with E-state index >= 15 is 0 Å². The van der Waals surface area contributed by atoms with E-state index in [2.05, 4.69) is 22.4 Å². The minimum Gasteiger partial charge on any atom is -0.310 e. The van der Waals surface area contributed by atoms with E-state index in [4.69, 9.17) is 0 Å². The molecular weight excluding hydrogens is 304 g/mol. The van der Waals surface area contributed by atoms with Crippen LogP contribution in [-0.2, 0) is 11.8 Å². The third-order valence-electron chi connectivity index (χ3n) is 4.87. The van der Waals surface area contributed by atoms with Crippen molar-refractivity contribution in [2.45, 2.75) is 44.7 Å². The van der Waals surface area contributed by atoms with E-state index in [0.717, 1.165) is 24.2 Å². The summed E-state index contributed by atoms with van der Waals surface area (Å²) in [6, 6.07) is 2.42. The molecular formula is C17H26N6O. The zero-order chi connectivity index (χ0) is 17.1. The second-order valence-corrected chi connectivity index (χ2v) is 6.69. The van der Waals surface area contributed by atoms with E-state index in [1.165, 1.54) is 12.8 Å². The maximum absolute atomic E-state index is 12.4. The van der Waals surface area contributed by atoms with Crippen LogP contribution in [0.4, 0.5) is 5.82 Å². The topological polar surface area (TPSA) is 68.0 Å². The number of likely N-dealkylation sites (N-methyl/N-ethyl adjacent to an activating group) is 1. The molecule has 0 saturated heterocycles. The third kappa shape index (κ3) is 3.67. The van der Waals surface area contributed by atoms with Gasteiger partial charge in [-0.25, -0.2) is 4.68 Å². The number of carbonyl (C=O) groups is 1. The Bertz CT molecular complexity index is 685. The molecule has 0 bridgehead atoms. The molecule has 0 spiro atoms. The average molecular weight is 330 g/mol. The van der Waals surface area contributed by atoms with Crippen LogP contribution in [0.5, 0.6) is 0 Å². The lowest BCUT2D eigenvalue weighted by molar-refractivity contribution is -0.117. The first-order valence-corrected chi connectivity index (χ1v) is 8.56. The van der Waals surface area contributed by atoms with Crippen LogP contribution < -0.4 is 5.32 Å². The van der Waals surface area contributed by atoms with Crippen molar-refractivity contribution in [2.75, 3.05) is 18.9 Å². The van der Waals surface area contributed by atoms with Crippen molar-refractivity contribution >= 4 is 11.7 Å². The molecule has 1 N–H and O–H groups in total. The molecule has 3 rings (SSSR count). The summed E-state index contributed by atoms with van der Waals surface area (Å²) in [4.78, 5) is 14.4. The number of nitrogens with zero attached hydrogens (tertiary/aromatic N) is 5. The predicted molar refractivity (Wildman–Crippen MR) is 92.6 cm³/mol. The molecule has 2 aromatic heterocycles. The quantitative estimate of drug-likeness (QED) is 0.883. The molecule has 1 saturated carbocycles. The van der Waals surface area contributed by atoms with E-state index in [1.54, 1.807) is 10.9 Å². The highest BCUT2D eigenvalue weighted by molar-refractivity contribution is 5.91. The minimum absolute atomic E-state index is 0.0204. The lowest BCUT2D eigenvalue weighted by atomic mass is 10.1. The van der Waals surface area contributed by atoms with Crippen LogP contribution in [-0.4, -0.2) is 44.0 Å². The Morgan fingerprint density at radius 2 is 2.17 bits per heavy atom. The second kappa shape index (κ2) is 7.17. The number of aryl methyl sites for hydroxylation is 1. The normalized spacial score (nSPS) is 16.7. The first kappa shape index (κ1) is 16.7. The molecule has 0 unspecified atom stereocenters. The van der Waals surface area contributed by atoms with E-state index < -0.39 is 0 Å². The maximum atomic E-state index is 12.4. The monoisotopic (exact) mass is 330 g/mol. The summed E-state index contributed by atoms with van der Waals surface area (Å²) in [5, 5.41) is 11.6. The van der Waals surface area contributed by atoms with E-state index in [1.807, 2.05) is 42.1 Å². The molecule has 0 aromatic carbocycles. The van der Waals surface area contributed by atoms with Gasteiger partial charge >= 0.3 is 0 Å². The molecule has 1 aliphatic rings. The van der Waals surface area contributed by atoms with Gasteiger partial charge in [0.1, 0.15) is 5.82 Å². The van der Waals surface area contributed by atoms with Gasteiger partial charge in [0.15, 0.2) is 0 Å². The SMILES string of the molecule is C[C@@H](c1cnn(C)c1)N(C)CC(=O)Nc1ccnn1C1CCCC1. The summed E-state index contributed by atoms with van der Waals surface area (Å²) in [5.74, 6) is 0.780. The van der Waals surface area contributed by atoms with Gasteiger partial charge < -0.3 is 5.32 Å². The molecule has 2 aromatic rings. The number of hydrogen-bond donors (Lipinski definition) is 1. The van der Waals surface area contributed by atoms with Crippen LogP contribution in [0.3, 0.4) is 0 Å². The Balaban J connectivity index is 1.58. The van der Waals surface area contributed by atoms with Gasteiger partial charge in [0, 0.05) is 30.9 Å². The number of carbonyl (C=O) groups excluding carboxylic acids is 1. The molecule has 7 nitrogen and oxygen atoms in total. The summed E-state index contributed by atoms with van der Waals surface area (Å²) in [7, 11) is 3.85. The lowest BCUT2D eigenvalue weighted by Crippen LogP contribution is -2.32. The van der Waals surface area contributed by atoms with Crippen molar-refractivity contribution < 1.29 is 4.79 Å². The number of anilines is 1. The molecule has 1 amide bonds. The lowest BCUT2D eigenvalue weighted by Gasteiger charge is -2.23. The van der Waals surface area contributed by atoms with Crippen molar-refractivity contribution in [3.8, 4) is 0 Å². The fraction of sp³-hybridized carbons (Fsp3) is 0.588. The van der Waals surface area contributed by atoms with Crippen LogP contribution in [0.25, 0.3) is 0 Å². The molecule has 1 aliphatic carbocycles. The van der Waals surface area contributed by atoms with Crippen molar-refractivity contribution in [1.82, 2.24) is 24.5 Å². The average Bonchev–Trinajstić information content (AvgIpc) is 3.26. The van der Waals surface area contributed by atoms with Gasteiger partial charge in [-0.2, -0.15) is 10.2 Å². The van der Waals surface area contributed by atoms with Gasteiger partial charge in [0.25, 0.3) is 0 Å². The van der Waals surface area contributed by atoms with Gasteiger partial charge in [-0.05, 0) is 26.8 Å². The smallest absolute Gasteiger partial charge is 0.239 e. The molecule has 1 fully saturated rings. The Hall–Kier alpha value is -2.15. The molecule has 2 heterocycles. The van der Waals surface area contributed by atoms with Gasteiger partial charge in [0.05, 0.1) is 25.0 Å². The van der Waals surface area contributed by atoms with Gasteiger partial charge in [0.2, 0.25) is 5.91 Å². The summed E-state index contributed by atoms with van der Waals surface area (Å²) < 4.78 is 3.75. The molecule has 130 valence electrons. The van der Waals surface area contributed by atoms with E-state index in [9.17, 15) is 4.79 Å². The predicted octanol–water partition coefficient (Wildman–Crippen LogP) is 2.36. The first-order chi connectivity index (χ1) is 11.5. The van der Waals surface area contributed by atoms with Crippen LogP contribution in [0, 0.1) is 0 Å². The number of amides is 1. The van der Waals surface area contributed by atoms with Gasteiger partial charge in [-0.15, -0.1) is 0 Å². The Kier molecular flexibility index (Phi) is 4.99. The summed E-state index contributed by atoms with van der Waals surface area (Å²) >= 11 is 0. The fourth-order valence-corrected chi connectivity index (χ4v) is 3.31. The minimum atomic E-state index is -0.0204. The molecule has 0 radical (unpaired) electrons. The Morgan fingerprint density at radius 3 is 2.83 bits per heavy atom. The number of aromatic nitrogens is 4. The van der Waals surface area contributed by atoms with Crippen molar-refractivity contribution in [2.24, 2.45) is 7.05 Å². The van der Waals surface area contributed by atoms with Crippen LogP contribution >= 0.6 is 0 Å². The van der Waals surface area contributed by atoms with Crippen LogP contribution in [0.15, 0.2) is 24.7 Å². The van der Waals surface area contributed by atoms with Crippen molar-refractivity contribution in [3.05, 3.63) is 30.2 Å². The fourth-order valence-electron chi connectivity index (χ4n) is 3.31. The highest BCUT2D eigenvalue weighted by atomic mass is 16.2. The zero-order valence-electron chi connectivity index (χ0n) is 14.6. The Morgan fingerprint density at radius 1 is 1.42 bits per heavy atom. The van der Waals surface area contributed by atoms with E-state index in [-0.39, 0.29) is 11.9 Å². The molecule has 7 heteroatoms. The van der Waals surface area contributed by atoms with Crippen LogP contribution in [0.1, 0.15) is 50.3 Å². The molecule has 0 aliphatic heterocycles. The van der Waals surface area contributed by atoms with Crippen molar-refractivity contribution in [3.63, 3.8) is 0 Å². The standard InChI is InChI=1S/C17H26N6O/c1-13(14-10-19-22(3)11-14)21(2)12-17(24)20-16-8-9-18-23(16)15-6-4-5-7-15/h8-11,13,15H,4-7,12H2,1-3H3,(H,20,24)/t13-/m0/s1. The Labute approximate surface area is 142 Å². The molecule has 24 heavy (non-hydrogen) atoms. The van der Waals surface area contributed by atoms with Crippen LogP contribution in [0.2, 0.25) is 0 Å².